The summed E-state index contributed by atoms with van der Waals surface area (Å²) in [4.78, 5) is 11.9. The van der Waals surface area contributed by atoms with Crippen molar-refractivity contribution in [3.63, 3.8) is 0 Å². The molecule has 8 heteroatoms. The molecule has 0 radical (unpaired) electrons. The topological polar surface area (TPSA) is 75.5 Å². The fourth-order valence-electron chi connectivity index (χ4n) is 3.65. The monoisotopic (exact) mass is 459 g/mol. The third-order valence-electron chi connectivity index (χ3n) is 5.32. The Morgan fingerprint density at radius 2 is 1.85 bits per heavy atom. The van der Waals surface area contributed by atoms with Gasteiger partial charge in [-0.3, -0.25) is 9.36 Å². The summed E-state index contributed by atoms with van der Waals surface area (Å²) in [7, 11) is 1.63. The molecular formula is C25H21N3O4S. The minimum atomic E-state index is 0.0152. The predicted octanol–water partition coefficient (Wildman–Crippen LogP) is 5.17. The highest BCUT2D eigenvalue weighted by Crippen LogP contribution is 2.37. The van der Waals surface area contributed by atoms with Crippen molar-refractivity contribution in [3.8, 4) is 34.3 Å². The molecule has 0 bridgehead atoms. The summed E-state index contributed by atoms with van der Waals surface area (Å²) in [5.41, 5.74) is 3.39. The van der Waals surface area contributed by atoms with E-state index in [1.165, 1.54) is 11.8 Å². The fourth-order valence-corrected chi connectivity index (χ4v) is 4.58. The van der Waals surface area contributed by atoms with Crippen LogP contribution in [0.2, 0.25) is 0 Å². The number of methoxy groups -OCH3 is 1. The summed E-state index contributed by atoms with van der Waals surface area (Å²) in [5, 5.41) is 9.71. The van der Waals surface area contributed by atoms with Gasteiger partial charge in [0.1, 0.15) is 5.75 Å². The number of thioether (sulfide) groups is 1. The zero-order valence-electron chi connectivity index (χ0n) is 18.1. The number of benzene rings is 3. The Labute approximate surface area is 195 Å². The molecule has 0 amide bonds. The number of hydrogen-bond acceptors (Lipinski definition) is 7. The molecule has 5 rings (SSSR count). The van der Waals surface area contributed by atoms with Crippen LogP contribution in [0, 0.1) is 0 Å². The average molecular weight is 460 g/mol. The van der Waals surface area contributed by atoms with E-state index >= 15 is 0 Å². The second-order valence-corrected chi connectivity index (χ2v) is 8.36. The summed E-state index contributed by atoms with van der Waals surface area (Å²) in [6.45, 7) is 1.77. The molecule has 0 N–H and O–H groups in total. The van der Waals surface area contributed by atoms with Gasteiger partial charge in [-0.2, -0.15) is 0 Å². The molecule has 0 atom stereocenters. The van der Waals surface area contributed by atoms with Gasteiger partial charge in [0.25, 0.3) is 0 Å². The predicted molar refractivity (Wildman–Crippen MR) is 125 cm³/mol. The summed E-state index contributed by atoms with van der Waals surface area (Å²) in [6.07, 6.45) is 0. The van der Waals surface area contributed by atoms with Crippen LogP contribution in [-0.2, 0) is 5.75 Å². The summed E-state index contributed by atoms with van der Waals surface area (Å²) in [5.74, 6) is 3.42. The van der Waals surface area contributed by atoms with Crippen LogP contribution >= 0.6 is 11.8 Å². The SMILES string of the molecule is COc1ccc(C(C)=O)cc1CSc1nnc(-c2ccc3c(c2)OCO3)n1-c1ccccc1. The molecule has 1 aliphatic heterocycles. The van der Waals surface area contributed by atoms with Gasteiger partial charge in [-0.15, -0.1) is 10.2 Å². The average Bonchev–Trinajstić information content (AvgIpc) is 3.49. The van der Waals surface area contributed by atoms with E-state index in [1.807, 2.05) is 65.2 Å². The number of rotatable bonds is 7. The second kappa shape index (κ2) is 8.99. The number of Topliss-reactive ketones (excluding diaryl/α,β-unsaturated/α-hetero) is 1. The first-order valence-corrected chi connectivity index (χ1v) is 11.3. The lowest BCUT2D eigenvalue weighted by Crippen LogP contribution is -2.00. The number of aromatic nitrogens is 3. The van der Waals surface area contributed by atoms with Crippen molar-refractivity contribution < 1.29 is 19.0 Å². The Balaban J connectivity index is 1.53. The standard InChI is InChI=1S/C25H21N3O4S/c1-16(29)17-8-10-21(30-2)19(12-17)14-33-25-27-26-24(28(25)20-6-4-3-5-7-20)18-9-11-22-23(13-18)32-15-31-22/h3-13H,14-15H2,1-2H3. The minimum absolute atomic E-state index is 0.0152. The van der Waals surface area contributed by atoms with Crippen LogP contribution in [0.5, 0.6) is 17.2 Å². The number of hydrogen-bond donors (Lipinski definition) is 0. The fraction of sp³-hybridized carbons (Fsp3) is 0.160. The van der Waals surface area contributed by atoms with E-state index in [-0.39, 0.29) is 12.6 Å². The molecule has 1 aliphatic rings. The summed E-state index contributed by atoms with van der Waals surface area (Å²) in [6, 6.07) is 21.2. The van der Waals surface area contributed by atoms with Crippen LogP contribution < -0.4 is 14.2 Å². The lowest BCUT2D eigenvalue weighted by Gasteiger charge is -2.12. The van der Waals surface area contributed by atoms with E-state index in [9.17, 15) is 4.79 Å². The van der Waals surface area contributed by atoms with Gasteiger partial charge in [0.2, 0.25) is 6.79 Å². The first-order valence-electron chi connectivity index (χ1n) is 10.4. The van der Waals surface area contributed by atoms with Gasteiger partial charge < -0.3 is 14.2 Å². The first kappa shape index (κ1) is 21.1. The minimum Gasteiger partial charge on any atom is -0.496 e. The van der Waals surface area contributed by atoms with Gasteiger partial charge in [-0.25, -0.2) is 0 Å². The van der Waals surface area contributed by atoms with E-state index < -0.39 is 0 Å². The molecule has 4 aromatic rings. The molecule has 0 unspecified atom stereocenters. The molecule has 0 spiro atoms. The second-order valence-electron chi connectivity index (χ2n) is 7.42. The number of carbonyl (C=O) groups excluding carboxylic acids is 1. The molecule has 2 heterocycles. The van der Waals surface area contributed by atoms with E-state index in [2.05, 4.69) is 10.2 Å². The Morgan fingerprint density at radius 3 is 2.64 bits per heavy atom. The maximum absolute atomic E-state index is 11.9. The number of fused-ring (bicyclic) bond motifs is 1. The van der Waals surface area contributed by atoms with E-state index in [0.29, 0.717) is 22.9 Å². The van der Waals surface area contributed by atoms with Crippen LogP contribution in [0.3, 0.4) is 0 Å². The van der Waals surface area contributed by atoms with Crippen molar-refractivity contribution in [2.45, 2.75) is 17.8 Å². The Bertz CT molecular complexity index is 1320. The molecule has 1 aromatic heterocycles. The third-order valence-corrected chi connectivity index (χ3v) is 6.30. The Kier molecular flexibility index (Phi) is 5.75. The summed E-state index contributed by atoms with van der Waals surface area (Å²) < 4.78 is 18.5. The van der Waals surface area contributed by atoms with E-state index in [4.69, 9.17) is 14.2 Å². The van der Waals surface area contributed by atoms with Crippen LogP contribution in [0.15, 0.2) is 71.9 Å². The number of carbonyl (C=O) groups is 1. The van der Waals surface area contributed by atoms with Gasteiger partial charge in [-0.05, 0) is 55.5 Å². The molecule has 0 fully saturated rings. The highest BCUT2D eigenvalue weighted by Gasteiger charge is 2.20. The van der Waals surface area contributed by atoms with Gasteiger partial charge in [0.15, 0.2) is 28.3 Å². The van der Waals surface area contributed by atoms with Crippen LogP contribution in [0.4, 0.5) is 0 Å². The molecule has 33 heavy (non-hydrogen) atoms. The Morgan fingerprint density at radius 1 is 1.03 bits per heavy atom. The number of para-hydroxylation sites is 1. The number of nitrogens with zero attached hydrogens (tertiary/aromatic N) is 3. The zero-order valence-corrected chi connectivity index (χ0v) is 19.0. The lowest BCUT2D eigenvalue weighted by atomic mass is 10.1. The van der Waals surface area contributed by atoms with Crippen molar-refractivity contribution >= 4 is 17.5 Å². The maximum atomic E-state index is 11.9. The van der Waals surface area contributed by atoms with Crippen molar-refractivity contribution in [2.75, 3.05) is 13.9 Å². The quantitative estimate of drug-likeness (QED) is 0.279. The van der Waals surface area contributed by atoms with Gasteiger partial charge in [0, 0.05) is 28.1 Å². The molecule has 3 aromatic carbocycles. The van der Waals surface area contributed by atoms with E-state index in [0.717, 1.165) is 33.5 Å². The normalized spacial score (nSPS) is 12.1. The highest BCUT2D eigenvalue weighted by atomic mass is 32.2. The smallest absolute Gasteiger partial charge is 0.231 e. The van der Waals surface area contributed by atoms with Crippen LogP contribution in [0.25, 0.3) is 17.1 Å². The molecule has 0 saturated heterocycles. The van der Waals surface area contributed by atoms with Crippen LogP contribution in [0.1, 0.15) is 22.8 Å². The first-order chi connectivity index (χ1) is 16.1. The lowest BCUT2D eigenvalue weighted by molar-refractivity contribution is 0.101. The maximum Gasteiger partial charge on any atom is 0.231 e. The molecule has 0 saturated carbocycles. The summed E-state index contributed by atoms with van der Waals surface area (Å²) >= 11 is 1.53. The number of ether oxygens (including phenoxy) is 3. The van der Waals surface area contributed by atoms with Crippen molar-refractivity contribution in [2.24, 2.45) is 0 Å². The van der Waals surface area contributed by atoms with Gasteiger partial charge in [-0.1, -0.05) is 30.0 Å². The largest absolute Gasteiger partial charge is 0.496 e. The van der Waals surface area contributed by atoms with Crippen molar-refractivity contribution in [1.29, 1.82) is 0 Å². The van der Waals surface area contributed by atoms with Crippen LogP contribution in [-0.4, -0.2) is 34.5 Å². The Hall–Kier alpha value is -3.78. The highest BCUT2D eigenvalue weighted by molar-refractivity contribution is 7.98. The van der Waals surface area contributed by atoms with Crippen molar-refractivity contribution in [1.82, 2.24) is 14.8 Å². The van der Waals surface area contributed by atoms with Crippen molar-refractivity contribution in [3.05, 3.63) is 77.9 Å². The number of ketones is 1. The van der Waals surface area contributed by atoms with Gasteiger partial charge in [0.05, 0.1) is 7.11 Å². The molecule has 0 aliphatic carbocycles. The molecule has 166 valence electrons. The molecular weight excluding hydrogens is 438 g/mol. The zero-order chi connectivity index (χ0) is 22.8. The van der Waals surface area contributed by atoms with Gasteiger partial charge >= 0.3 is 0 Å². The molecule has 7 nitrogen and oxygen atoms in total. The third kappa shape index (κ3) is 4.17. The van der Waals surface area contributed by atoms with E-state index in [1.54, 1.807) is 20.1 Å².